The Kier molecular flexibility index (Phi) is 39.3. The number of phenols is 2. The summed E-state index contributed by atoms with van der Waals surface area (Å²) in [5.74, 6) is 1.46. The van der Waals surface area contributed by atoms with E-state index in [1.807, 2.05) is 69.3 Å². The molecular formula is C22H25O3V5W-. The molecule has 0 aliphatic heterocycles. The van der Waals surface area contributed by atoms with E-state index in [1.54, 1.807) is 24.3 Å². The van der Waals surface area contributed by atoms with Crippen LogP contribution in [0.15, 0.2) is 72.8 Å². The standard InChI is InChI=1S/C8H9O.2C7H8O.5V.W/c1-7-3-5-8(9-2)6-4-7;2*1-6-2-4-7(8)5-3-6;;;;;;/h3-6H,2H2,1H3;2*2-5,8H,1H3;;;;;;/q-1;;;;;;;;. The third kappa shape index (κ3) is 23.6. The number of phenolic OH excluding ortho intramolecular Hbond substituents is 2. The molecule has 163 valence electrons. The molecule has 3 rings (SSSR count). The average Bonchev–Trinajstić information content (AvgIpc) is 2.62. The van der Waals surface area contributed by atoms with Gasteiger partial charge in [-0.2, -0.15) is 7.11 Å². The van der Waals surface area contributed by atoms with E-state index in [4.69, 9.17) is 14.9 Å². The Labute approximate surface area is 260 Å². The van der Waals surface area contributed by atoms with Crippen LogP contribution in [-0.2, 0) is 114 Å². The molecule has 0 spiro atoms. The minimum absolute atomic E-state index is 0. The summed E-state index contributed by atoms with van der Waals surface area (Å²) in [4.78, 5) is 0. The first-order chi connectivity index (χ1) is 11.9. The van der Waals surface area contributed by atoms with Crippen molar-refractivity contribution in [2.75, 3.05) is 0 Å². The molecule has 3 aromatic rings. The Morgan fingerprint density at radius 1 is 0.516 bits per heavy atom. The number of aromatic hydroxyl groups is 2. The van der Waals surface area contributed by atoms with Crippen LogP contribution in [0, 0.1) is 27.9 Å². The largest absolute Gasteiger partial charge is 0.665 e. The Balaban J connectivity index is -0.0000000690. The van der Waals surface area contributed by atoms with Crippen LogP contribution in [0.4, 0.5) is 0 Å². The number of ether oxygens (including phenoxy) is 1. The second-order valence-corrected chi connectivity index (χ2v) is 5.63. The molecule has 0 saturated heterocycles. The topological polar surface area (TPSA) is 49.7 Å². The van der Waals surface area contributed by atoms with Gasteiger partial charge in [0.1, 0.15) is 11.5 Å². The van der Waals surface area contributed by atoms with Crippen molar-refractivity contribution in [3.8, 4) is 17.2 Å². The van der Waals surface area contributed by atoms with Crippen LogP contribution in [0.1, 0.15) is 16.7 Å². The first-order valence-corrected chi connectivity index (χ1v) is 7.90. The molecule has 3 aromatic carbocycles. The third-order valence-corrected chi connectivity index (χ3v) is 3.26. The number of rotatable bonds is 1. The van der Waals surface area contributed by atoms with Gasteiger partial charge in [-0.25, -0.2) is 0 Å². The zero-order valence-electron chi connectivity index (χ0n) is 17.6. The minimum atomic E-state index is 0. The quantitative estimate of drug-likeness (QED) is 0.319. The predicted molar refractivity (Wildman–Crippen MR) is 103 cm³/mol. The fraction of sp³-hybridized carbons (Fsp3) is 0.136. The van der Waals surface area contributed by atoms with Gasteiger partial charge >= 0.3 is 0 Å². The van der Waals surface area contributed by atoms with E-state index in [0.29, 0.717) is 11.5 Å². The van der Waals surface area contributed by atoms with Crippen LogP contribution < -0.4 is 4.74 Å². The van der Waals surface area contributed by atoms with Crippen LogP contribution >= 0.6 is 0 Å². The van der Waals surface area contributed by atoms with E-state index in [2.05, 4.69) is 7.11 Å². The van der Waals surface area contributed by atoms with Crippen molar-refractivity contribution in [2.24, 2.45) is 0 Å². The van der Waals surface area contributed by atoms with Gasteiger partial charge in [0.25, 0.3) is 0 Å². The molecule has 0 amide bonds. The zero-order chi connectivity index (χ0) is 18.7. The molecule has 0 saturated carbocycles. The molecule has 31 heavy (non-hydrogen) atoms. The number of hydrogen-bond donors (Lipinski definition) is 2. The van der Waals surface area contributed by atoms with Crippen molar-refractivity contribution in [1.82, 2.24) is 0 Å². The summed E-state index contributed by atoms with van der Waals surface area (Å²) >= 11 is 0. The molecule has 9 heteroatoms. The van der Waals surface area contributed by atoms with E-state index in [-0.39, 0.29) is 114 Å². The first kappa shape index (κ1) is 45.2. The van der Waals surface area contributed by atoms with Gasteiger partial charge in [0, 0.05) is 114 Å². The van der Waals surface area contributed by atoms with Gasteiger partial charge in [-0.3, -0.25) is 0 Å². The Hall–Kier alpha value is 0.670. The summed E-state index contributed by atoms with van der Waals surface area (Å²) in [6.45, 7) is 6.01. The average molecular weight is 776 g/mol. The molecule has 0 aliphatic carbocycles. The number of benzene rings is 3. The molecular weight excluding hydrogens is 751 g/mol. The summed E-state index contributed by atoms with van der Waals surface area (Å²) in [5.41, 5.74) is 3.57. The van der Waals surface area contributed by atoms with E-state index < -0.39 is 0 Å². The Morgan fingerprint density at radius 2 is 0.742 bits per heavy atom. The summed E-state index contributed by atoms with van der Waals surface area (Å²) in [5, 5.41) is 17.5. The van der Waals surface area contributed by atoms with Crippen LogP contribution in [0.2, 0.25) is 0 Å². The SMILES string of the molecule is Cc1ccc(O)cc1.Cc1ccc(O)cc1.[CH2-]Oc1ccc(C)cc1.[V].[V].[V].[V].[V].[W]. The van der Waals surface area contributed by atoms with Gasteiger partial charge in [0.05, 0.1) is 5.75 Å². The first-order valence-electron chi connectivity index (χ1n) is 7.90. The van der Waals surface area contributed by atoms with E-state index in [1.165, 1.54) is 16.7 Å². The molecule has 0 bridgehead atoms. The summed E-state index contributed by atoms with van der Waals surface area (Å²) in [6.07, 6.45) is 0. The molecule has 0 aliphatic rings. The minimum Gasteiger partial charge on any atom is -0.665 e. The van der Waals surface area contributed by atoms with Crippen LogP contribution in [0.3, 0.4) is 0 Å². The fourth-order valence-corrected chi connectivity index (χ4v) is 1.72. The molecule has 0 unspecified atom stereocenters. The van der Waals surface area contributed by atoms with Crippen LogP contribution in [0.5, 0.6) is 17.2 Å². The normalized spacial score (nSPS) is 7.35. The van der Waals surface area contributed by atoms with Crippen LogP contribution in [0.25, 0.3) is 0 Å². The molecule has 0 atom stereocenters. The van der Waals surface area contributed by atoms with Crippen molar-refractivity contribution in [1.29, 1.82) is 0 Å². The molecule has 0 fully saturated rings. The van der Waals surface area contributed by atoms with Crippen molar-refractivity contribution in [2.45, 2.75) is 20.8 Å². The molecule has 0 heterocycles. The number of aryl methyl sites for hydroxylation is 3. The van der Waals surface area contributed by atoms with E-state index in [9.17, 15) is 0 Å². The van der Waals surface area contributed by atoms with E-state index in [0.717, 1.165) is 5.75 Å². The predicted octanol–water partition coefficient (Wildman–Crippen LogP) is 5.55. The summed E-state index contributed by atoms with van der Waals surface area (Å²) < 4.78 is 4.72. The van der Waals surface area contributed by atoms with Gasteiger partial charge in [-0.1, -0.05) is 53.1 Å². The second kappa shape index (κ2) is 26.9. The van der Waals surface area contributed by atoms with Gasteiger partial charge in [0.15, 0.2) is 0 Å². The summed E-state index contributed by atoms with van der Waals surface area (Å²) in [6, 6.07) is 21.9. The molecule has 0 aromatic heterocycles. The smallest absolute Gasteiger partial charge is 0.115 e. The maximum atomic E-state index is 8.76. The third-order valence-electron chi connectivity index (χ3n) is 3.26. The number of hydrogen-bond acceptors (Lipinski definition) is 3. The Morgan fingerprint density at radius 3 is 0.935 bits per heavy atom. The second-order valence-electron chi connectivity index (χ2n) is 5.63. The monoisotopic (exact) mass is 776 g/mol. The van der Waals surface area contributed by atoms with Crippen molar-refractivity contribution < 1.29 is 129 Å². The van der Waals surface area contributed by atoms with Crippen molar-refractivity contribution in [3.05, 3.63) is 96.6 Å². The van der Waals surface area contributed by atoms with Crippen LogP contribution in [-0.4, -0.2) is 10.2 Å². The van der Waals surface area contributed by atoms with Crippen molar-refractivity contribution >= 4 is 0 Å². The van der Waals surface area contributed by atoms with Gasteiger partial charge < -0.3 is 14.9 Å². The van der Waals surface area contributed by atoms with Gasteiger partial charge in [-0.15, -0.1) is 0 Å². The maximum absolute atomic E-state index is 8.76. The van der Waals surface area contributed by atoms with Gasteiger partial charge in [-0.05, 0) is 57.2 Å². The van der Waals surface area contributed by atoms with Crippen molar-refractivity contribution in [3.63, 3.8) is 0 Å². The van der Waals surface area contributed by atoms with Gasteiger partial charge in [0.2, 0.25) is 0 Å². The van der Waals surface area contributed by atoms with E-state index >= 15 is 0 Å². The zero-order valence-corrected chi connectivity index (χ0v) is 27.5. The fourth-order valence-electron chi connectivity index (χ4n) is 1.72. The molecule has 2 N–H and O–H groups in total. The molecule has 3 nitrogen and oxygen atoms in total. The maximum Gasteiger partial charge on any atom is 0.115 e. The summed E-state index contributed by atoms with van der Waals surface area (Å²) in [7, 11) is 3.29. The Bertz CT molecular complexity index is 655. The molecule has 5 radical (unpaired) electrons.